The van der Waals surface area contributed by atoms with Gasteiger partial charge in [0.2, 0.25) is 5.95 Å². The Labute approximate surface area is 203 Å². The van der Waals surface area contributed by atoms with Gasteiger partial charge in [-0.1, -0.05) is 34.8 Å². The summed E-state index contributed by atoms with van der Waals surface area (Å²) >= 11 is 17.2. The number of aromatic nitrogens is 2. The summed E-state index contributed by atoms with van der Waals surface area (Å²) < 4.78 is 120. The first kappa shape index (κ1) is 27.0. The number of benzene rings is 2. The second-order valence-corrected chi connectivity index (χ2v) is 7.91. The minimum Gasteiger partial charge on any atom is -0.325 e. The fourth-order valence-electron chi connectivity index (χ4n) is 2.82. The van der Waals surface area contributed by atoms with Gasteiger partial charge in [0.15, 0.2) is 5.69 Å². The number of nitrogens with zero attached hydrogens (tertiary/aromatic N) is 2. The van der Waals surface area contributed by atoms with Crippen molar-refractivity contribution in [1.29, 1.82) is 0 Å². The summed E-state index contributed by atoms with van der Waals surface area (Å²) in [6, 6.07) is 3.53. The molecule has 16 heteroatoms. The third-order valence-corrected chi connectivity index (χ3v) is 5.44. The average Bonchev–Trinajstić information content (AvgIpc) is 2.71. The van der Waals surface area contributed by atoms with Gasteiger partial charge in [0.05, 0.1) is 32.5 Å². The molecule has 0 radical (unpaired) electrons. The number of alkyl halides is 9. The largest absolute Gasteiger partial charge is 0.435 e. The predicted octanol–water partition coefficient (Wildman–Crippen LogP) is 7.99. The lowest BCUT2D eigenvalue weighted by molar-refractivity contribution is -0.143. The van der Waals surface area contributed by atoms with E-state index in [-0.39, 0.29) is 27.9 Å². The molecule has 35 heavy (non-hydrogen) atoms. The summed E-state index contributed by atoms with van der Waals surface area (Å²) in [6.45, 7) is 0. The van der Waals surface area contributed by atoms with Gasteiger partial charge in [-0.25, -0.2) is 9.55 Å². The van der Waals surface area contributed by atoms with E-state index in [0.717, 1.165) is 18.2 Å². The Bertz CT molecular complexity index is 1350. The van der Waals surface area contributed by atoms with Gasteiger partial charge in [0.25, 0.3) is 5.56 Å². The first-order chi connectivity index (χ1) is 15.9. The molecule has 0 aliphatic rings. The van der Waals surface area contributed by atoms with Crippen LogP contribution < -0.4 is 10.9 Å². The van der Waals surface area contributed by atoms with Crippen molar-refractivity contribution in [2.75, 3.05) is 5.32 Å². The summed E-state index contributed by atoms with van der Waals surface area (Å²) in [7, 11) is 0. The Balaban J connectivity index is 2.33. The highest BCUT2D eigenvalue weighted by atomic mass is 35.5. The maximum Gasteiger partial charge on any atom is 0.435 e. The van der Waals surface area contributed by atoms with Gasteiger partial charge >= 0.3 is 18.5 Å². The van der Waals surface area contributed by atoms with Crippen molar-refractivity contribution in [3.63, 3.8) is 0 Å². The number of anilines is 2. The zero-order chi connectivity index (χ0) is 26.5. The van der Waals surface area contributed by atoms with E-state index in [1.807, 2.05) is 5.32 Å². The minimum absolute atomic E-state index is 0.0361. The molecule has 0 aliphatic carbocycles. The van der Waals surface area contributed by atoms with E-state index < -0.39 is 57.6 Å². The van der Waals surface area contributed by atoms with Crippen molar-refractivity contribution in [3.8, 4) is 5.69 Å². The molecular formula is C19H7Cl3F9N3O. The van der Waals surface area contributed by atoms with Gasteiger partial charge in [-0.05, 0) is 36.4 Å². The molecule has 3 rings (SSSR count). The van der Waals surface area contributed by atoms with Gasteiger partial charge < -0.3 is 5.32 Å². The monoisotopic (exact) mass is 569 g/mol. The molecule has 188 valence electrons. The molecule has 0 atom stereocenters. The minimum atomic E-state index is -5.38. The molecular weight excluding hydrogens is 564 g/mol. The molecule has 2 aromatic carbocycles. The van der Waals surface area contributed by atoms with Crippen LogP contribution in [0.4, 0.5) is 51.1 Å². The van der Waals surface area contributed by atoms with Crippen molar-refractivity contribution in [1.82, 2.24) is 9.55 Å². The summed E-state index contributed by atoms with van der Waals surface area (Å²) in [6.07, 6.45) is -15.8. The molecule has 0 fully saturated rings. The second-order valence-electron chi connectivity index (χ2n) is 6.72. The van der Waals surface area contributed by atoms with E-state index >= 15 is 0 Å². The zero-order valence-electron chi connectivity index (χ0n) is 16.3. The smallest absolute Gasteiger partial charge is 0.325 e. The van der Waals surface area contributed by atoms with Gasteiger partial charge in [0.1, 0.15) is 5.02 Å². The van der Waals surface area contributed by atoms with Crippen molar-refractivity contribution in [2.45, 2.75) is 18.5 Å². The molecule has 0 amide bonds. The molecule has 1 N–H and O–H groups in total. The van der Waals surface area contributed by atoms with Gasteiger partial charge in [-0.15, -0.1) is 0 Å². The van der Waals surface area contributed by atoms with E-state index in [1.54, 1.807) is 0 Å². The van der Waals surface area contributed by atoms with Crippen LogP contribution in [0.25, 0.3) is 5.69 Å². The lowest BCUT2D eigenvalue weighted by atomic mass is 10.1. The zero-order valence-corrected chi connectivity index (χ0v) is 18.6. The summed E-state index contributed by atoms with van der Waals surface area (Å²) in [5.74, 6) is -1.14. The maximum atomic E-state index is 13.5. The average molecular weight is 571 g/mol. The van der Waals surface area contributed by atoms with Crippen molar-refractivity contribution in [3.05, 3.63) is 78.6 Å². The van der Waals surface area contributed by atoms with E-state index in [9.17, 15) is 44.3 Å². The van der Waals surface area contributed by atoms with Crippen LogP contribution in [0, 0.1) is 0 Å². The van der Waals surface area contributed by atoms with Crippen molar-refractivity contribution < 1.29 is 39.5 Å². The Hall–Kier alpha value is -2.64. The molecule has 3 aromatic rings. The topological polar surface area (TPSA) is 46.9 Å². The maximum absolute atomic E-state index is 13.5. The number of hydrogen-bond acceptors (Lipinski definition) is 3. The number of nitrogens with one attached hydrogen (secondary N) is 1. The van der Waals surface area contributed by atoms with E-state index in [0.29, 0.717) is 10.6 Å². The standard InChI is InChI=1S/C19H7Cl3F9N3O/c20-10-3-2-8(6-11(10)21)34-15(35)13(22)14(19(29,30)31)33-16(34)32-12-4-1-7(17(23,24)25)5-9(12)18(26,27)28/h1-6H,(H,32,33). The van der Waals surface area contributed by atoms with E-state index in [4.69, 9.17) is 34.8 Å². The summed E-state index contributed by atoms with van der Waals surface area (Å²) in [5, 5.41) is 0.223. The van der Waals surface area contributed by atoms with Crippen LogP contribution in [0.3, 0.4) is 0 Å². The first-order valence-corrected chi connectivity index (χ1v) is 9.95. The summed E-state index contributed by atoms with van der Waals surface area (Å²) in [4.78, 5) is 15.9. The second kappa shape index (κ2) is 9.10. The number of rotatable bonds is 3. The Morgan fingerprint density at radius 1 is 0.771 bits per heavy atom. The highest BCUT2D eigenvalue weighted by molar-refractivity contribution is 6.42. The van der Waals surface area contributed by atoms with Crippen molar-refractivity contribution in [2.24, 2.45) is 0 Å². The quantitative estimate of drug-likeness (QED) is 0.325. The fourth-order valence-corrected chi connectivity index (χ4v) is 3.35. The highest BCUT2D eigenvalue weighted by Gasteiger charge is 2.40. The number of halogens is 12. The Kier molecular flexibility index (Phi) is 7.01. The predicted molar refractivity (Wildman–Crippen MR) is 110 cm³/mol. The van der Waals surface area contributed by atoms with Crippen LogP contribution in [0.5, 0.6) is 0 Å². The van der Waals surface area contributed by atoms with E-state index in [2.05, 4.69) is 4.98 Å². The van der Waals surface area contributed by atoms with Crippen LogP contribution in [0.2, 0.25) is 15.1 Å². The lowest BCUT2D eigenvalue weighted by Crippen LogP contribution is -2.28. The first-order valence-electron chi connectivity index (χ1n) is 8.82. The SMILES string of the molecule is O=c1c(Cl)c(C(F)(F)F)nc(Nc2ccc(C(F)(F)F)cc2C(F)(F)F)n1-c1ccc(Cl)c(Cl)c1. The molecule has 0 spiro atoms. The van der Waals surface area contributed by atoms with Crippen LogP contribution in [0.1, 0.15) is 16.8 Å². The summed E-state index contributed by atoms with van der Waals surface area (Å²) in [5.41, 5.74) is -8.49. The molecule has 0 bridgehead atoms. The molecule has 1 aromatic heterocycles. The molecule has 4 nitrogen and oxygen atoms in total. The normalized spacial score (nSPS) is 12.7. The Morgan fingerprint density at radius 3 is 1.91 bits per heavy atom. The molecule has 0 saturated carbocycles. The van der Waals surface area contributed by atoms with E-state index in [1.165, 1.54) is 0 Å². The third-order valence-electron chi connectivity index (χ3n) is 4.36. The van der Waals surface area contributed by atoms with Gasteiger partial charge in [-0.2, -0.15) is 39.5 Å². The van der Waals surface area contributed by atoms with Crippen LogP contribution in [0.15, 0.2) is 41.2 Å². The molecule has 0 aliphatic heterocycles. The molecule has 0 saturated heterocycles. The van der Waals surface area contributed by atoms with Gasteiger partial charge in [-0.3, -0.25) is 4.79 Å². The van der Waals surface area contributed by atoms with Gasteiger partial charge in [0, 0.05) is 0 Å². The molecule has 0 unspecified atom stereocenters. The fraction of sp³-hybridized carbons (Fsp3) is 0.158. The third kappa shape index (κ3) is 5.62. The van der Waals surface area contributed by atoms with Crippen LogP contribution >= 0.6 is 34.8 Å². The molecule has 1 heterocycles. The highest BCUT2D eigenvalue weighted by Crippen LogP contribution is 2.41. The lowest BCUT2D eigenvalue weighted by Gasteiger charge is -2.20. The number of hydrogen-bond donors (Lipinski definition) is 1. The Morgan fingerprint density at radius 2 is 1.40 bits per heavy atom. The van der Waals surface area contributed by atoms with Crippen molar-refractivity contribution >= 4 is 46.4 Å². The van der Waals surface area contributed by atoms with Crippen LogP contribution in [-0.2, 0) is 18.5 Å². The van der Waals surface area contributed by atoms with Crippen LogP contribution in [-0.4, -0.2) is 9.55 Å².